The third-order valence-corrected chi connectivity index (χ3v) is 7.11. The fourth-order valence-corrected chi connectivity index (χ4v) is 5.23. The minimum absolute atomic E-state index is 0.0814. The van der Waals surface area contributed by atoms with Crippen LogP contribution in [-0.2, 0) is 27.8 Å². The number of sulfonamides is 1. The minimum atomic E-state index is -3.69. The van der Waals surface area contributed by atoms with Crippen LogP contribution in [0.15, 0.2) is 51.8 Å². The van der Waals surface area contributed by atoms with E-state index in [-0.39, 0.29) is 17.3 Å². The third-order valence-electron chi connectivity index (χ3n) is 4.35. The molecule has 0 atom stereocenters. The topological polar surface area (TPSA) is 57.7 Å². The largest absolute Gasteiger partial charge is 0.312 e. The van der Waals surface area contributed by atoms with E-state index in [1.54, 1.807) is 18.0 Å². The van der Waals surface area contributed by atoms with E-state index in [2.05, 4.69) is 15.9 Å². The minimum Gasteiger partial charge on any atom is -0.312 e. The van der Waals surface area contributed by atoms with Gasteiger partial charge < -0.3 is 4.90 Å². The number of hydrogen-bond donors (Lipinski definition) is 0. The molecular formula is C18H19BrN2O3S. The van der Waals surface area contributed by atoms with Gasteiger partial charge in [-0.25, -0.2) is 8.42 Å². The molecule has 0 N–H and O–H groups in total. The number of benzene rings is 2. The highest BCUT2D eigenvalue weighted by molar-refractivity contribution is 9.10. The van der Waals surface area contributed by atoms with Gasteiger partial charge >= 0.3 is 0 Å². The van der Waals surface area contributed by atoms with Gasteiger partial charge in [0.15, 0.2) is 0 Å². The Morgan fingerprint density at radius 2 is 1.92 bits per heavy atom. The maximum absolute atomic E-state index is 13.0. The first kappa shape index (κ1) is 18.1. The molecule has 2 aromatic rings. The van der Waals surface area contributed by atoms with Gasteiger partial charge in [0.2, 0.25) is 15.9 Å². The number of fused-ring (bicyclic) bond motifs is 1. The van der Waals surface area contributed by atoms with Crippen molar-refractivity contribution in [1.29, 1.82) is 0 Å². The molecule has 0 fully saturated rings. The van der Waals surface area contributed by atoms with Gasteiger partial charge in [0, 0.05) is 37.2 Å². The first-order valence-corrected chi connectivity index (χ1v) is 10.1. The molecule has 2 aromatic carbocycles. The second-order valence-corrected chi connectivity index (χ2v) is 8.95. The Morgan fingerprint density at radius 3 is 2.56 bits per heavy atom. The monoisotopic (exact) mass is 422 g/mol. The number of halogens is 1. The van der Waals surface area contributed by atoms with Crippen LogP contribution in [0.4, 0.5) is 5.69 Å². The summed E-state index contributed by atoms with van der Waals surface area (Å²) < 4.78 is 27.9. The number of anilines is 1. The van der Waals surface area contributed by atoms with E-state index >= 15 is 0 Å². The van der Waals surface area contributed by atoms with Crippen molar-refractivity contribution in [2.75, 3.05) is 18.5 Å². The van der Waals surface area contributed by atoms with Gasteiger partial charge in [-0.3, -0.25) is 4.79 Å². The molecule has 0 spiro atoms. The number of hydrogen-bond acceptors (Lipinski definition) is 3. The lowest BCUT2D eigenvalue weighted by Crippen LogP contribution is -2.28. The maximum atomic E-state index is 13.0. The number of rotatable bonds is 4. The summed E-state index contributed by atoms with van der Waals surface area (Å²) in [7, 11) is -2.13. The Bertz CT molecular complexity index is 913. The lowest BCUT2D eigenvalue weighted by molar-refractivity contribution is -0.116. The van der Waals surface area contributed by atoms with Crippen LogP contribution >= 0.6 is 15.9 Å². The molecule has 7 heteroatoms. The van der Waals surface area contributed by atoms with Crippen LogP contribution in [0.2, 0.25) is 0 Å². The van der Waals surface area contributed by atoms with Crippen LogP contribution in [0.1, 0.15) is 18.1 Å². The van der Waals surface area contributed by atoms with Crippen molar-refractivity contribution in [3.05, 3.63) is 58.1 Å². The van der Waals surface area contributed by atoms with Crippen LogP contribution in [-0.4, -0.2) is 32.2 Å². The van der Waals surface area contributed by atoms with Crippen LogP contribution in [0.3, 0.4) is 0 Å². The molecule has 0 radical (unpaired) electrons. The van der Waals surface area contributed by atoms with Crippen LogP contribution < -0.4 is 4.90 Å². The Kier molecular flexibility index (Phi) is 4.99. The zero-order valence-corrected chi connectivity index (χ0v) is 16.5. The number of amides is 1. The molecular weight excluding hydrogens is 404 g/mol. The summed E-state index contributed by atoms with van der Waals surface area (Å²) >= 11 is 3.39. The third kappa shape index (κ3) is 3.49. The van der Waals surface area contributed by atoms with Gasteiger partial charge in [-0.2, -0.15) is 4.31 Å². The number of carbonyl (C=O) groups excluding carboxylic acids is 1. The highest BCUT2D eigenvalue weighted by Gasteiger charge is 2.29. The Labute approximate surface area is 156 Å². The Morgan fingerprint density at radius 1 is 1.24 bits per heavy atom. The molecule has 1 heterocycles. The maximum Gasteiger partial charge on any atom is 0.244 e. The van der Waals surface area contributed by atoms with E-state index in [1.165, 1.54) is 11.2 Å². The summed E-state index contributed by atoms with van der Waals surface area (Å²) in [6.07, 6.45) is 0.730. The lowest BCUT2D eigenvalue weighted by atomic mass is 10.2. The summed E-state index contributed by atoms with van der Waals surface area (Å²) in [6.45, 7) is 2.36. The van der Waals surface area contributed by atoms with Crippen LogP contribution in [0.5, 0.6) is 0 Å². The Balaban J connectivity index is 1.97. The highest BCUT2D eigenvalue weighted by Crippen LogP contribution is 2.36. The van der Waals surface area contributed by atoms with E-state index in [1.807, 2.05) is 36.4 Å². The van der Waals surface area contributed by atoms with Crippen molar-refractivity contribution in [3.8, 4) is 0 Å². The van der Waals surface area contributed by atoms with Gasteiger partial charge in [-0.1, -0.05) is 30.3 Å². The molecule has 0 saturated carbocycles. The van der Waals surface area contributed by atoms with Gasteiger partial charge in [0.05, 0.1) is 4.90 Å². The van der Waals surface area contributed by atoms with Gasteiger partial charge in [-0.05, 0) is 45.6 Å². The van der Waals surface area contributed by atoms with Crippen molar-refractivity contribution in [3.63, 3.8) is 0 Å². The molecule has 1 amide bonds. The SMILES string of the molecule is CC(=O)N1CCc2cc(Br)c(S(=O)(=O)N(C)Cc3ccccc3)cc21. The van der Waals surface area contributed by atoms with E-state index < -0.39 is 10.0 Å². The second-order valence-electron chi connectivity index (χ2n) is 6.08. The average molecular weight is 423 g/mol. The molecule has 0 bridgehead atoms. The fraction of sp³-hybridized carbons (Fsp3) is 0.278. The normalized spacial score (nSPS) is 14.0. The van der Waals surface area contributed by atoms with Crippen molar-refractivity contribution in [2.24, 2.45) is 0 Å². The predicted octanol–water partition coefficient (Wildman–Crippen LogP) is 3.18. The van der Waals surface area contributed by atoms with Crippen LogP contribution in [0, 0.1) is 0 Å². The molecule has 3 rings (SSSR count). The standard InChI is InChI=1S/C18H19BrN2O3S/c1-13(22)21-9-8-15-10-16(19)18(11-17(15)21)25(23,24)20(2)12-14-6-4-3-5-7-14/h3-7,10-11H,8-9,12H2,1-2H3. The smallest absolute Gasteiger partial charge is 0.244 e. The number of carbonyl (C=O) groups is 1. The molecule has 132 valence electrons. The van der Waals surface area contributed by atoms with Crippen molar-refractivity contribution in [2.45, 2.75) is 24.8 Å². The van der Waals surface area contributed by atoms with Crippen molar-refractivity contribution in [1.82, 2.24) is 4.31 Å². The highest BCUT2D eigenvalue weighted by atomic mass is 79.9. The molecule has 0 aliphatic carbocycles. The van der Waals surface area contributed by atoms with E-state index in [4.69, 9.17) is 0 Å². The molecule has 25 heavy (non-hydrogen) atoms. The van der Waals surface area contributed by atoms with Crippen molar-refractivity contribution < 1.29 is 13.2 Å². The fourth-order valence-electron chi connectivity index (χ4n) is 3.01. The molecule has 0 unspecified atom stereocenters. The molecule has 1 aliphatic heterocycles. The molecule has 0 aromatic heterocycles. The summed E-state index contributed by atoms with van der Waals surface area (Å²) in [4.78, 5) is 13.6. The zero-order chi connectivity index (χ0) is 18.2. The van der Waals surface area contributed by atoms with Crippen LogP contribution in [0.25, 0.3) is 0 Å². The van der Waals surface area contributed by atoms with Crippen molar-refractivity contribution >= 4 is 37.5 Å². The molecule has 1 aliphatic rings. The van der Waals surface area contributed by atoms with E-state index in [0.29, 0.717) is 16.7 Å². The lowest BCUT2D eigenvalue weighted by Gasteiger charge is -2.20. The summed E-state index contributed by atoms with van der Waals surface area (Å²) in [5.41, 5.74) is 2.57. The zero-order valence-electron chi connectivity index (χ0n) is 14.1. The number of nitrogens with zero attached hydrogens (tertiary/aromatic N) is 2. The first-order valence-electron chi connectivity index (χ1n) is 7.91. The second kappa shape index (κ2) is 6.90. The van der Waals surface area contributed by atoms with E-state index in [9.17, 15) is 13.2 Å². The summed E-state index contributed by atoms with van der Waals surface area (Å²) in [6, 6.07) is 12.8. The van der Waals surface area contributed by atoms with Gasteiger partial charge in [0.1, 0.15) is 0 Å². The quantitative estimate of drug-likeness (QED) is 0.759. The summed E-state index contributed by atoms with van der Waals surface area (Å²) in [5, 5.41) is 0. The average Bonchev–Trinajstić information content (AvgIpc) is 2.97. The Hall–Kier alpha value is -1.70. The first-order chi connectivity index (χ1) is 11.8. The molecule has 0 saturated heterocycles. The van der Waals surface area contributed by atoms with E-state index in [0.717, 1.165) is 17.5 Å². The van der Waals surface area contributed by atoms with Gasteiger partial charge in [-0.15, -0.1) is 0 Å². The van der Waals surface area contributed by atoms with Gasteiger partial charge in [0.25, 0.3) is 0 Å². The summed E-state index contributed by atoms with van der Waals surface area (Å²) in [5.74, 6) is -0.0814. The molecule has 5 nitrogen and oxygen atoms in total. The predicted molar refractivity (Wildman–Crippen MR) is 101 cm³/mol.